The van der Waals surface area contributed by atoms with Gasteiger partial charge >= 0.3 is 0 Å². The molecule has 1 heterocycles. The van der Waals surface area contributed by atoms with Gasteiger partial charge < -0.3 is 20.3 Å². The number of methoxy groups -OCH3 is 1. The van der Waals surface area contributed by atoms with Crippen molar-refractivity contribution in [2.45, 2.75) is 13.5 Å². The summed E-state index contributed by atoms with van der Waals surface area (Å²) in [6.45, 7) is 3.52. The normalized spacial score (nSPS) is 10.7. The van der Waals surface area contributed by atoms with Crippen LogP contribution in [0.5, 0.6) is 5.75 Å². The van der Waals surface area contributed by atoms with Gasteiger partial charge in [0.1, 0.15) is 12.3 Å². The molecule has 8 heteroatoms. The molecule has 0 fully saturated rings. The SMILES string of the molecule is CCNC(=NCC(=O)N(C)C)NCc1cc(-c2ccc(OC)cc2)cs1.I. The van der Waals surface area contributed by atoms with Crippen molar-refractivity contribution in [3.05, 3.63) is 40.6 Å². The number of benzene rings is 1. The lowest BCUT2D eigenvalue weighted by molar-refractivity contribution is -0.127. The summed E-state index contributed by atoms with van der Waals surface area (Å²) < 4.78 is 5.20. The van der Waals surface area contributed by atoms with Crippen molar-refractivity contribution in [1.29, 1.82) is 0 Å². The smallest absolute Gasteiger partial charge is 0.243 e. The van der Waals surface area contributed by atoms with Gasteiger partial charge in [0.05, 0.1) is 13.7 Å². The van der Waals surface area contributed by atoms with Gasteiger partial charge in [0, 0.05) is 25.5 Å². The Kier molecular flexibility index (Phi) is 10.2. The summed E-state index contributed by atoms with van der Waals surface area (Å²) in [6, 6.07) is 10.2. The Hall–Kier alpha value is -1.81. The highest BCUT2D eigenvalue weighted by molar-refractivity contribution is 14.0. The van der Waals surface area contributed by atoms with E-state index in [0.29, 0.717) is 12.5 Å². The highest BCUT2D eigenvalue weighted by atomic mass is 127. The van der Waals surface area contributed by atoms with Crippen LogP contribution in [-0.2, 0) is 11.3 Å². The molecule has 0 aliphatic heterocycles. The maximum Gasteiger partial charge on any atom is 0.243 e. The molecule has 0 saturated heterocycles. The predicted molar refractivity (Wildman–Crippen MR) is 123 cm³/mol. The van der Waals surface area contributed by atoms with E-state index in [-0.39, 0.29) is 36.4 Å². The molecular weight excluding hydrogens is 475 g/mol. The minimum Gasteiger partial charge on any atom is -0.497 e. The van der Waals surface area contributed by atoms with Crippen molar-refractivity contribution >= 4 is 47.2 Å². The lowest BCUT2D eigenvalue weighted by Gasteiger charge is -2.12. The van der Waals surface area contributed by atoms with Crippen LogP contribution in [0.15, 0.2) is 40.7 Å². The van der Waals surface area contributed by atoms with E-state index >= 15 is 0 Å². The molecule has 1 aromatic heterocycles. The fourth-order valence-corrected chi connectivity index (χ4v) is 3.04. The van der Waals surface area contributed by atoms with E-state index in [2.05, 4.69) is 39.2 Å². The number of amides is 1. The third-order valence-electron chi connectivity index (χ3n) is 3.72. The number of rotatable bonds is 7. The molecule has 0 aliphatic carbocycles. The second-order valence-electron chi connectivity index (χ2n) is 5.87. The van der Waals surface area contributed by atoms with Crippen LogP contribution < -0.4 is 15.4 Å². The molecular formula is C19H27IN4O2S. The second-order valence-corrected chi connectivity index (χ2v) is 6.86. The van der Waals surface area contributed by atoms with Gasteiger partial charge in [0.15, 0.2) is 5.96 Å². The number of guanidine groups is 1. The number of aliphatic imine (C=N–C) groups is 1. The Balaban J connectivity index is 0.00000364. The molecule has 0 unspecified atom stereocenters. The number of thiophene rings is 1. The third-order valence-corrected chi connectivity index (χ3v) is 4.66. The van der Waals surface area contributed by atoms with Crippen LogP contribution in [0, 0.1) is 0 Å². The Morgan fingerprint density at radius 3 is 2.48 bits per heavy atom. The summed E-state index contributed by atoms with van der Waals surface area (Å²) in [6.07, 6.45) is 0. The maximum atomic E-state index is 11.7. The molecule has 0 bridgehead atoms. The number of nitrogens with one attached hydrogen (secondary N) is 2. The topological polar surface area (TPSA) is 66.0 Å². The standard InChI is InChI=1S/C19H26N4O2S.HI/c1-5-20-19(22-12-18(24)23(2)3)21-11-17-10-15(13-26-17)14-6-8-16(25-4)9-7-14;/h6-10,13H,5,11-12H2,1-4H3,(H2,20,21,22);1H. The van der Waals surface area contributed by atoms with Gasteiger partial charge in [-0.3, -0.25) is 4.79 Å². The summed E-state index contributed by atoms with van der Waals surface area (Å²) in [5.74, 6) is 1.46. The van der Waals surface area contributed by atoms with E-state index in [1.165, 1.54) is 15.3 Å². The molecule has 27 heavy (non-hydrogen) atoms. The number of likely N-dealkylation sites (N-methyl/N-ethyl adjacent to an activating group) is 1. The summed E-state index contributed by atoms with van der Waals surface area (Å²) in [4.78, 5) is 18.7. The first-order valence-electron chi connectivity index (χ1n) is 8.47. The minimum absolute atomic E-state index is 0. The van der Waals surface area contributed by atoms with Crippen LogP contribution in [0.25, 0.3) is 11.1 Å². The van der Waals surface area contributed by atoms with Gasteiger partial charge in [-0.1, -0.05) is 12.1 Å². The highest BCUT2D eigenvalue weighted by Gasteiger charge is 2.06. The molecule has 1 aromatic carbocycles. The lowest BCUT2D eigenvalue weighted by atomic mass is 10.1. The zero-order valence-corrected chi connectivity index (χ0v) is 19.3. The Labute approximate surface area is 182 Å². The van der Waals surface area contributed by atoms with Crippen molar-refractivity contribution in [1.82, 2.24) is 15.5 Å². The summed E-state index contributed by atoms with van der Waals surface area (Å²) in [5, 5.41) is 8.57. The molecule has 2 rings (SSSR count). The molecule has 6 nitrogen and oxygen atoms in total. The molecule has 2 aromatic rings. The predicted octanol–water partition coefficient (Wildman–Crippen LogP) is 3.19. The van der Waals surface area contributed by atoms with E-state index in [0.717, 1.165) is 17.9 Å². The van der Waals surface area contributed by atoms with Crippen molar-refractivity contribution in [3.8, 4) is 16.9 Å². The van der Waals surface area contributed by atoms with Crippen molar-refractivity contribution in [2.24, 2.45) is 4.99 Å². The van der Waals surface area contributed by atoms with Crippen LogP contribution in [0.4, 0.5) is 0 Å². The number of nitrogens with zero attached hydrogens (tertiary/aromatic N) is 2. The van der Waals surface area contributed by atoms with Crippen LogP contribution in [0.3, 0.4) is 0 Å². The van der Waals surface area contributed by atoms with E-state index in [1.807, 2.05) is 19.1 Å². The van der Waals surface area contributed by atoms with Crippen LogP contribution >= 0.6 is 35.3 Å². The quantitative estimate of drug-likeness (QED) is 0.347. The van der Waals surface area contributed by atoms with Gasteiger partial charge in [-0.05, 0) is 41.6 Å². The Morgan fingerprint density at radius 1 is 1.19 bits per heavy atom. The Bertz CT molecular complexity index is 744. The fourth-order valence-electron chi connectivity index (χ4n) is 2.21. The lowest BCUT2D eigenvalue weighted by Crippen LogP contribution is -2.37. The van der Waals surface area contributed by atoms with E-state index in [1.54, 1.807) is 32.5 Å². The van der Waals surface area contributed by atoms with Crippen LogP contribution in [0.1, 0.15) is 11.8 Å². The maximum absolute atomic E-state index is 11.7. The largest absolute Gasteiger partial charge is 0.497 e. The van der Waals surface area contributed by atoms with Crippen molar-refractivity contribution < 1.29 is 9.53 Å². The first kappa shape index (κ1) is 23.2. The number of carbonyl (C=O) groups is 1. The molecule has 148 valence electrons. The van der Waals surface area contributed by atoms with Crippen LogP contribution in [-0.4, -0.2) is 51.1 Å². The first-order chi connectivity index (χ1) is 12.5. The molecule has 1 amide bonds. The Morgan fingerprint density at radius 2 is 1.89 bits per heavy atom. The van der Waals surface area contributed by atoms with Gasteiger partial charge in [-0.2, -0.15) is 0 Å². The summed E-state index contributed by atoms with van der Waals surface area (Å²) >= 11 is 1.69. The molecule has 2 N–H and O–H groups in total. The van der Waals surface area contributed by atoms with Crippen molar-refractivity contribution in [3.63, 3.8) is 0 Å². The van der Waals surface area contributed by atoms with E-state index in [4.69, 9.17) is 4.74 Å². The fraction of sp³-hybridized carbons (Fsp3) is 0.368. The average molecular weight is 502 g/mol. The summed E-state index contributed by atoms with van der Waals surface area (Å²) in [5.41, 5.74) is 2.34. The molecule has 0 aliphatic rings. The molecule has 0 saturated carbocycles. The number of hydrogen-bond donors (Lipinski definition) is 2. The highest BCUT2D eigenvalue weighted by Crippen LogP contribution is 2.27. The van der Waals surface area contributed by atoms with Gasteiger partial charge in [0.2, 0.25) is 5.91 Å². The number of ether oxygens (including phenoxy) is 1. The van der Waals surface area contributed by atoms with Gasteiger partial charge in [-0.15, -0.1) is 35.3 Å². The number of hydrogen-bond acceptors (Lipinski definition) is 4. The average Bonchev–Trinajstić information content (AvgIpc) is 3.12. The van der Waals surface area contributed by atoms with E-state index in [9.17, 15) is 4.79 Å². The monoisotopic (exact) mass is 502 g/mol. The van der Waals surface area contributed by atoms with Crippen molar-refractivity contribution in [2.75, 3.05) is 34.3 Å². The molecule has 0 radical (unpaired) electrons. The molecule has 0 atom stereocenters. The second kappa shape index (κ2) is 11.8. The van der Waals surface area contributed by atoms with E-state index < -0.39 is 0 Å². The molecule has 0 spiro atoms. The van der Waals surface area contributed by atoms with Gasteiger partial charge in [-0.25, -0.2) is 4.99 Å². The zero-order valence-electron chi connectivity index (χ0n) is 16.1. The summed E-state index contributed by atoms with van der Waals surface area (Å²) in [7, 11) is 5.12. The minimum atomic E-state index is -0.0277. The number of carbonyl (C=O) groups excluding carboxylic acids is 1. The van der Waals surface area contributed by atoms with Crippen LogP contribution in [0.2, 0.25) is 0 Å². The van der Waals surface area contributed by atoms with Gasteiger partial charge in [0.25, 0.3) is 0 Å². The number of halogens is 1. The first-order valence-corrected chi connectivity index (χ1v) is 9.35. The zero-order chi connectivity index (χ0) is 18.9. The third kappa shape index (κ3) is 7.37.